The minimum Gasteiger partial charge on any atom is -0.310 e. The van der Waals surface area contributed by atoms with Gasteiger partial charge in [-0.1, -0.05) is 18.2 Å². The molecule has 0 atom stereocenters. The summed E-state index contributed by atoms with van der Waals surface area (Å²) in [6.45, 7) is 9.65. The minimum atomic E-state index is 0.284. The van der Waals surface area contributed by atoms with E-state index in [0.717, 1.165) is 6.54 Å². The summed E-state index contributed by atoms with van der Waals surface area (Å²) in [4.78, 5) is 0. The summed E-state index contributed by atoms with van der Waals surface area (Å²) in [6, 6.07) is 0. The van der Waals surface area contributed by atoms with Crippen molar-refractivity contribution < 1.29 is 0 Å². The van der Waals surface area contributed by atoms with Crippen LogP contribution in [-0.2, 0) is 0 Å². The fourth-order valence-electron chi connectivity index (χ4n) is 0.571. The van der Waals surface area contributed by atoms with E-state index in [1.54, 1.807) is 0 Å². The maximum Gasteiger partial charge on any atom is 0.0308 e. The lowest BCUT2D eigenvalue weighted by atomic mass is 10.2. The molecule has 0 fully saturated rings. The van der Waals surface area contributed by atoms with Crippen LogP contribution in [0.3, 0.4) is 0 Å². The first kappa shape index (κ1) is 11.3. The van der Waals surface area contributed by atoms with Gasteiger partial charge in [-0.15, -0.1) is 0 Å². The maximum atomic E-state index is 5.59. The van der Waals surface area contributed by atoms with Crippen molar-refractivity contribution in [2.24, 2.45) is 0 Å². The quantitative estimate of drug-likeness (QED) is 0.720. The van der Waals surface area contributed by atoms with Crippen molar-refractivity contribution in [2.45, 2.75) is 18.6 Å². The van der Waals surface area contributed by atoms with Crippen molar-refractivity contribution in [3.63, 3.8) is 0 Å². The summed E-state index contributed by atoms with van der Waals surface area (Å²) < 4.78 is 0.284. The molecule has 0 aromatic carbocycles. The third kappa shape index (κ3) is 6.73. The molecular weight excluding hydrogens is 178 g/mol. The van der Waals surface area contributed by atoms with Crippen molar-refractivity contribution in [3.8, 4) is 0 Å². The van der Waals surface area contributed by atoms with Crippen LogP contribution in [0.2, 0.25) is 0 Å². The third-order valence-corrected chi connectivity index (χ3v) is 2.80. The average molecular weight is 194 g/mol. The van der Waals surface area contributed by atoms with E-state index in [2.05, 4.69) is 32.0 Å². The second-order valence-electron chi connectivity index (χ2n) is 3.08. The molecule has 0 aliphatic heterocycles. The summed E-state index contributed by atoms with van der Waals surface area (Å²) in [5.41, 5.74) is 0. The Morgan fingerprint density at radius 3 is 2.55 bits per heavy atom. The van der Waals surface area contributed by atoms with Gasteiger partial charge in [-0.2, -0.15) is 11.8 Å². The Morgan fingerprint density at radius 1 is 1.64 bits per heavy atom. The zero-order valence-electron chi connectivity index (χ0n) is 7.41. The molecule has 0 bridgehead atoms. The zero-order valence-corrected chi connectivity index (χ0v) is 8.98. The monoisotopic (exact) mass is 193 g/mol. The van der Waals surface area contributed by atoms with Gasteiger partial charge in [0.1, 0.15) is 0 Å². The van der Waals surface area contributed by atoms with E-state index in [0.29, 0.717) is 11.6 Å². The van der Waals surface area contributed by atoms with Crippen molar-refractivity contribution >= 4 is 23.4 Å². The number of halogens is 1. The van der Waals surface area contributed by atoms with E-state index < -0.39 is 0 Å². The molecule has 0 amide bonds. The highest BCUT2D eigenvalue weighted by atomic mass is 35.5. The molecule has 0 spiro atoms. The number of hydrogen-bond donors (Lipinski definition) is 1. The highest BCUT2D eigenvalue weighted by Crippen LogP contribution is 2.19. The van der Waals surface area contributed by atoms with Crippen LogP contribution >= 0.6 is 23.4 Å². The molecule has 1 nitrogen and oxygen atoms in total. The Labute approximate surface area is 78.6 Å². The van der Waals surface area contributed by atoms with Gasteiger partial charge < -0.3 is 5.32 Å². The summed E-state index contributed by atoms with van der Waals surface area (Å²) in [5, 5.41) is 3.89. The topological polar surface area (TPSA) is 12.0 Å². The molecule has 0 aromatic heterocycles. The van der Waals surface area contributed by atoms with Gasteiger partial charge in [0, 0.05) is 22.9 Å². The van der Waals surface area contributed by atoms with Crippen LogP contribution in [-0.4, -0.2) is 24.1 Å². The normalized spacial score (nSPS) is 11.6. The van der Waals surface area contributed by atoms with E-state index in [1.807, 2.05) is 11.8 Å². The van der Waals surface area contributed by atoms with E-state index in [1.165, 1.54) is 0 Å². The molecule has 3 heteroatoms. The van der Waals surface area contributed by atoms with Crippen LogP contribution in [0.4, 0.5) is 0 Å². The van der Waals surface area contributed by atoms with E-state index in [9.17, 15) is 0 Å². The molecule has 0 saturated carbocycles. The number of rotatable bonds is 5. The lowest BCUT2D eigenvalue weighted by Crippen LogP contribution is -2.32. The van der Waals surface area contributed by atoms with Crippen molar-refractivity contribution in [2.75, 3.05) is 19.3 Å². The second-order valence-corrected chi connectivity index (χ2v) is 5.13. The number of hydrogen-bond acceptors (Lipinski definition) is 2. The molecule has 1 N–H and O–H groups in total. The average Bonchev–Trinajstić information content (AvgIpc) is 1.87. The van der Waals surface area contributed by atoms with Crippen molar-refractivity contribution in [1.82, 2.24) is 5.32 Å². The minimum absolute atomic E-state index is 0.284. The highest BCUT2D eigenvalue weighted by Gasteiger charge is 2.14. The van der Waals surface area contributed by atoms with Crippen LogP contribution in [0.15, 0.2) is 11.6 Å². The first-order valence-corrected chi connectivity index (χ1v) is 5.17. The summed E-state index contributed by atoms with van der Waals surface area (Å²) in [6.07, 6.45) is 2.11. The second kappa shape index (κ2) is 5.07. The molecule has 0 aliphatic rings. The Bertz CT molecular complexity index is 134. The Kier molecular flexibility index (Phi) is 5.23. The van der Waals surface area contributed by atoms with Gasteiger partial charge >= 0.3 is 0 Å². The SMILES string of the molecule is C=C(Cl)CNCC(C)(C)SC. The van der Waals surface area contributed by atoms with Crippen molar-refractivity contribution in [1.29, 1.82) is 0 Å². The van der Waals surface area contributed by atoms with Gasteiger partial charge in [-0.3, -0.25) is 0 Å². The Morgan fingerprint density at radius 2 is 2.18 bits per heavy atom. The van der Waals surface area contributed by atoms with Crippen LogP contribution < -0.4 is 5.32 Å². The van der Waals surface area contributed by atoms with Gasteiger partial charge in [0.25, 0.3) is 0 Å². The molecule has 0 heterocycles. The predicted molar refractivity (Wildman–Crippen MR) is 55.5 cm³/mol. The maximum absolute atomic E-state index is 5.59. The van der Waals surface area contributed by atoms with Gasteiger partial charge in [-0.05, 0) is 20.1 Å². The lowest BCUT2D eigenvalue weighted by Gasteiger charge is -2.22. The van der Waals surface area contributed by atoms with E-state index in [4.69, 9.17) is 11.6 Å². The number of thioether (sulfide) groups is 1. The third-order valence-electron chi connectivity index (χ3n) is 1.42. The highest BCUT2D eigenvalue weighted by molar-refractivity contribution is 7.99. The summed E-state index contributed by atoms with van der Waals surface area (Å²) >= 11 is 7.43. The fraction of sp³-hybridized carbons (Fsp3) is 0.750. The predicted octanol–water partition coefficient (Wildman–Crippen LogP) is 2.47. The molecule has 11 heavy (non-hydrogen) atoms. The fourth-order valence-corrected chi connectivity index (χ4v) is 0.912. The molecule has 0 aliphatic carbocycles. The Balaban J connectivity index is 3.45. The van der Waals surface area contributed by atoms with Gasteiger partial charge in [0.15, 0.2) is 0 Å². The van der Waals surface area contributed by atoms with Crippen LogP contribution in [0.25, 0.3) is 0 Å². The molecule has 66 valence electrons. The van der Waals surface area contributed by atoms with Crippen LogP contribution in [0.5, 0.6) is 0 Å². The van der Waals surface area contributed by atoms with Crippen LogP contribution in [0, 0.1) is 0 Å². The first-order chi connectivity index (χ1) is 4.98. The smallest absolute Gasteiger partial charge is 0.0308 e. The van der Waals surface area contributed by atoms with Gasteiger partial charge in [0.05, 0.1) is 0 Å². The molecule has 0 radical (unpaired) electrons. The van der Waals surface area contributed by atoms with Crippen molar-refractivity contribution in [3.05, 3.63) is 11.6 Å². The van der Waals surface area contributed by atoms with Gasteiger partial charge in [-0.25, -0.2) is 0 Å². The number of nitrogens with one attached hydrogen (secondary N) is 1. The lowest BCUT2D eigenvalue weighted by molar-refractivity contribution is 0.619. The molecule has 0 rings (SSSR count). The largest absolute Gasteiger partial charge is 0.310 e. The van der Waals surface area contributed by atoms with E-state index >= 15 is 0 Å². The molecule has 0 aromatic rings. The van der Waals surface area contributed by atoms with E-state index in [-0.39, 0.29) is 4.75 Å². The van der Waals surface area contributed by atoms with Gasteiger partial charge in [0.2, 0.25) is 0 Å². The Hall–Kier alpha value is 0.340. The van der Waals surface area contributed by atoms with Crippen LogP contribution in [0.1, 0.15) is 13.8 Å². The standard InChI is InChI=1S/C8H16ClNS/c1-7(9)5-10-6-8(2,3)11-4/h10H,1,5-6H2,2-4H3. The zero-order chi connectivity index (χ0) is 8.91. The molecule has 0 saturated heterocycles. The summed E-state index contributed by atoms with van der Waals surface area (Å²) in [5.74, 6) is 0. The summed E-state index contributed by atoms with van der Waals surface area (Å²) in [7, 11) is 0. The molecular formula is C8H16ClNS. The first-order valence-electron chi connectivity index (χ1n) is 3.57. The molecule has 0 unspecified atom stereocenters.